The number of sulfonamides is 1. The minimum atomic E-state index is -4.20. The van der Waals surface area contributed by atoms with Gasteiger partial charge in [0.05, 0.1) is 10.6 Å². The standard InChI is InChI=1S/C27H29ClFN3O4S/c1-19(2)30-27(34)20(3)31(17-21-9-7-8-12-25(21)28)26(33)18-32(23-15-13-22(29)14-16-23)37(35,36)24-10-5-4-6-11-24/h4-16,19-20H,17-18H2,1-3H3,(H,30,34)/t20-/m1/s1. The summed E-state index contributed by atoms with van der Waals surface area (Å²) in [6, 6.07) is 18.3. The van der Waals surface area contributed by atoms with Crippen LogP contribution in [0.1, 0.15) is 26.3 Å². The van der Waals surface area contributed by atoms with Crippen LogP contribution in [0, 0.1) is 5.82 Å². The Balaban J connectivity index is 2.02. The molecule has 1 N–H and O–H groups in total. The summed E-state index contributed by atoms with van der Waals surface area (Å²) in [5.41, 5.74) is 0.705. The molecule has 0 spiro atoms. The number of amides is 2. The highest BCUT2D eigenvalue weighted by molar-refractivity contribution is 7.92. The maximum atomic E-state index is 13.7. The third-order valence-electron chi connectivity index (χ3n) is 5.62. The van der Waals surface area contributed by atoms with E-state index in [0.717, 1.165) is 16.4 Å². The van der Waals surface area contributed by atoms with Gasteiger partial charge in [-0.15, -0.1) is 0 Å². The Morgan fingerprint density at radius 2 is 1.51 bits per heavy atom. The van der Waals surface area contributed by atoms with E-state index in [1.165, 1.54) is 29.2 Å². The molecule has 0 aliphatic rings. The van der Waals surface area contributed by atoms with Gasteiger partial charge in [-0.2, -0.15) is 0 Å². The second-order valence-electron chi connectivity index (χ2n) is 8.75. The lowest BCUT2D eigenvalue weighted by molar-refractivity contribution is -0.139. The first kappa shape index (κ1) is 28.1. The molecule has 0 saturated heterocycles. The van der Waals surface area contributed by atoms with Crippen LogP contribution in [0.4, 0.5) is 10.1 Å². The number of benzene rings is 3. The molecule has 3 aromatic carbocycles. The van der Waals surface area contributed by atoms with Crippen LogP contribution in [0.15, 0.2) is 83.8 Å². The third-order valence-corrected chi connectivity index (χ3v) is 7.78. The number of nitrogens with one attached hydrogen (secondary N) is 1. The molecule has 196 valence electrons. The summed E-state index contributed by atoms with van der Waals surface area (Å²) in [5.74, 6) is -1.57. The Bertz CT molecular complexity index is 1340. The van der Waals surface area contributed by atoms with Crippen LogP contribution in [-0.4, -0.2) is 43.8 Å². The van der Waals surface area contributed by atoms with E-state index < -0.39 is 40.2 Å². The number of carbonyl (C=O) groups excluding carboxylic acids is 2. The number of halogens is 2. The summed E-state index contributed by atoms with van der Waals surface area (Å²) < 4.78 is 41.7. The minimum Gasteiger partial charge on any atom is -0.352 e. The lowest BCUT2D eigenvalue weighted by atomic mass is 10.1. The van der Waals surface area contributed by atoms with Crippen LogP contribution in [0.2, 0.25) is 5.02 Å². The van der Waals surface area contributed by atoms with Gasteiger partial charge in [0.1, 0.15) is 18.4 Å². The molecule has 0 radical (unpaired) electrons. The topological polar surface area (TPSA) is 86.8 Å². The Morgan fingerprint density at radius 3 is 2.11 bits per heavy atom. The first-order chi connectivity index (χ1) is 17.5. The van der Waals surface area contributed by atoms with Gasteiger partial charge < -0.3 is 10.2 Å². The van der Waals surface area contributed by atoms with E-state index in [1.54, 1.807) is 63.2 Å². The fraction of sp³-hybridized carbons (Fsp3) is 0.259. The van der Waals surface area contributed by atoms with Gasteiger partial charge in [0.2, 0.25) is 11.8 Å². The van der Waals surface area contributed by atoms with E-state index in [1.807, 2.05) is 0 Å². The molecule has 0 saturated carbocycles. The predicted molar refractivity (Wildman–Crippen MR) is 142 cm³/mol. The van der Waals surface area contributed by atoms with Gasteiger partial charge >= 0.3 is 0 Å². The summed E-state index contributed by atoms with van der Waals surface area (Å²) in [5, 5.41) is 3.19. The zero-order valence-electron chi connectivity index (χ0n) is 20.8. The van der Waals surface area contributed by atoms with Crippen molar-refractivity contribution >= 4 is 39.1 Å². The molecule has 0 aliphatic carbocycles. The van der Waals surface area contributed by atoms with Crippen LogP contribution >= 0.6 is 11.6 Å². The first-order valence-corrected chi connectivity index (χ1v) is 13.5. The molecule has 37 heavy (non-hydrogen) atoms. The minimum absolute atomic E-state index is 0.0200. The molecule has 0 aromatic heterocycles. The van der Waals surface area contributed by atoms with E-state index in [0.29, 0.717) is 10.6 Å². The molecule has 0 unspecified atom stereocenters. The number of hydrogen-bond donors (Lipinski definition) is 1. The summed E-state index contributed by atoms with van der Waals surface area (Å²) in [7, 11) is -4.20. The smallest absolute Gasteiger partial charge is 0.264 e. The maximum absolute atomic E-state index is 13.7. The molecule has 1 atom stereocenters. The normalized spacial score (nSPS) is 12.2. The van der Waals surface area contributed by atoms with Gasteiger partial charge in [-0.3, -0.25) is 13.9 Å². The summed E-state index contributed by atoms with van der Waals surface area (Å²) >= 11 is 6.33. The molecule has 3 rings (SSSR count). The number of rotatable bonds is 10. The average Bonchev–Trinajstić information content (AvgIpc) is 2.87. The monoisotopic (exact) mass is 545 g/mol. The number of carbonyl (C=O) groups is 2. The molecule has 0 aliphatic heterocycles. The van der Waals surface area contributed by atoms with Crippen molar-refractivity contribution in [2.45, 2.75) is 44.3 Å². The molecule has 0 fully saturated rings. The Kier molecular flexibility index (Phi) is 9.29. The summed E-state index contributed by atoms with van der Waals surface area (Å²) in [6.45, 7) is 4.53. The van der Waals surface area contributed by atoms with Crippen molar-refractivity contribution in [3.8, 4) is 0 Å². The van der Waals surface area contributed by atoms with Crippen LogP contribution < -0.4 is 9.62 Å². The first-order valence-electron chi connectivity index (χ1n) is 11.7. The van der Waals surface area contributed by atoms with E-state index in [4.69, 9.17) is 11.6 Å². The maximum Gasteiger partial charge on any atom is 0.264 e. The Morgan fingerprint density at radius 1 is 0.919 bits per heavy atom. The van der Waals surface area contributed by atoms with Gasteiger partial charge in [0.15, 0.2) is 0 Å². The lowest BCUT2D eigenvalue weighted by Crippen LogP contribution is -2.52. The molecule has 7 nitrogen and oxygen atoms in total. The van der Waals surface area contributed by atoms with Crippen molar-refractivity contribution in [3.63, 3.8) is 0 Å². The quantitative estimate of drug-likeness (QED) is 0.403. The van der Waals surface area contributed by atoms with E-state index in [-0.39, 0.29) is 23.2 Å². The Hall–Kier alpha value is -3.43. The van der Waals surface area contributed by atoms with E-state index >= 15 is 0 Å². The summed E-state index contributed by atoms with van der Waals surface area (Å²) in [4.78, 5) is 27.9. The number of hydrogen-bond acceptors (Lipinski definition) is 4. The van der Waals surface area contributed by atoms with Gasteiger partial charge in [-0.25, -0.2) is 12.8 Å². The van der Waals surface area contributed by atoms with Gasteiger partial charge in [0, 0.05) is 17.6 Å². The highest BCUT2D eigenvalue weighted by Crippen LogP contribution is 2.25. The largest absolute Gasteiger partial charge is 0.352 e. The van der Waals surface area contributed by atoms with Crippen molar-refractivity contribution in [2.24, 2.45) is 0 Å². The Labute approximate surface area is 221 Å². The average molecular weight is 546 g/mol. The predicted octanol–water partition coefficient (Wildman–Crippen LogP) is 4.62. The zero-order chi connectivity index (χ0) is 27.2. The van der Waals surface area contributed by atoms with Crippen molar-refractivity contribution in [1.29, 1.82) is 0 Å². The van der Waals surface area contributed by atoms with Crippen molar-refractivity contribution in [2.75, 3.05) is 10.8 Å². The molecule has 2 amide bonds. The molecule has 3 aromatic rings. The molecular formula is C27H29ClFN3O4S. The second kappa shape index (κ2) is 12.2. The highest BCUT2D eigenvalue weighted by atomic mass is 35.5. The van der Waals surface area contributed by atoms with Crippen LogP contribution in [0.3, 0.4) is 0 Å². The molecular weight excluding hydrogens is 517 g/mol. The SMILES string of the molecule is CC(C)NC(=O)[C@@H](C)N(Cc1ccccc1Cl)C(=O)CN(c1ccc(F)cc1)S(=O)(=O)c1ccccc1. The molecule has 0 bridgehead atoms. The van der Waals surface area contributed by atoms with E-state index in [9.17, 15) is 22.4 Å². The zero-order valence-corrected chi connectivity index (χ0v) is 22.3. The summed E-state index contributed by atoms with van der Waals surface area (Å²) in [6.07, 6.45) is 0. The highest BCUT2D eigenvalue weighted by Gasteiger charge is 2.32. The fourth-order valence-electron chi connectivity index (χ4n) is 3.65. The van der Waals surface area contributed by atoms with Gasteiger partial charge in [-0.05, 0) is 68.8 Å². The number of nitrogens with zero attached hydrogens (tertiary/aromatic N) is 2. The van der Waals surface area contributed by atoms with Crippen molar-refractivity contribution in [3.05, 3.63) is 95.3 Å². The van der Waals surface area contributed by atoms with Gasteiger partial charge in [0.25, 0.3) is 10.0 Å². The van der Waals surface area contributed by atoms with Gasteiger partial charge in [-0.1, -0.05) is 48.0 Å². The second-order valence-corrected chi connectivity index (χ2v) is 11.0. The van der Waals surface area contributed by atoms with Crippen LogP contribution in [-0.2, 0) is 26.2 Å². The number of anilines is 1. The van der Waals surface area contributed by atoms with Crippen LogP contribution in [0.25, 0.3) is 0 Å². The van der Waals surface area contributed by atoms with Crippen molar-refractivity contribution < 1.29 is 22.4 Å². The van der Waals surface area contributed by atoms with Crippen LogP contribution in [0.5, 0.6) is 0 Å². The third kappa shape index (κ3) is 7.08. The molecule has 0 heterocycles. The molecule has 10 heteroatoms. The fourth-order valence-corrected chi connectivity index (χ4v) is 5.28. The van der Waals surface area contributed by atoms with E-state index in [2.05, 4.69) is 5.32 Å². The lowest BCUT2D eigenvalue weighted by Gasteiger charge is -2.32. The van der Waals surface area contributed by atoms with Crippen molar-refractivity contribution in [1.82, 2.24) is 10.2 Å².